The molecule has 1 unspecified atom stereocenters. The zero-order chi connectivity index (χ0) is 14.0. The zero-order valence-electron chi connectivity index (χ0n) is 11.8. The molecule has 0 bridgehead atoms. The quantitative estimate of drug-likeness (QED) is 0.909. The fourth-order valence-corrected chi connectivity index (χ4v) is 2.89. The number of nitrogens with one attached hydrogen (secondary N) is 1. The molecule has 4 heteroatoms. The highest BCUT2D eigenvalue weighted by Crippen LogP contribution is 2.29. The third-order valence-corrected chi connectivity index (χ3v) is 4.86. The predicted molar refractivity (Wildman–Crippen MR) is 83.0 cm³/mol. The highest BCUT2D eigenvalue weighted by molar-refractivity contribution is 6.42. The maximum Gasteiger partial charge on any atom is 0.0637 e. The van der Waals surface area contributed by atoms with Crippen molar-refractivity contribution in [3.8, 4) is 0 Å². The molecule has 1 fully saturated rings. The first-order valence-corrected chi connectivity index (χ1v) is 7.61. The highest BCUT2D eigenvalue weighted by Gasteiger charge is 2.33. The van der Waals surface area contributed by atoms with Crippen LogP contribution in [0.2, 0.25) is 10.0 Å². The Morgan fingerprint density at radius 3 is 2.79 bits per heavy atom. The van der Waals surface area contributed by atoms with Gasteiger partial charge in [-0.2, -0.15) is 0 Å². The van der Waals surface area contributed by atoms with Gasteiger partial charge in [0.2, 0.25) is 0 Å². The smallest absolute Gasteiger partial charge is 0.0637 e. The molecule has 1 aliphatic rings. The van der Waals surface area contributed by atoms with Crippen LogP contribution in [0.15, 0.2) is 18.2 Å². The van der Waals surface area contributed by atoms with E-state index in [9.17, 15) is 0 Å². The number of piperazine rings is 1. The summed E-state index contributed by atoms with van der Waals surface area (Å²) in [5.74, 6) is 0. The van der Waals surface area contributed by atoms with Crippen molar-refractivity contribution in [1.82, 2.24) is 10.2 Å². The van der Waals surface area contributed by atoms with E-state index < -0.39 is 0 Å². The minimum absolute atomic E-state index is 0.136. The predicted octanol–water partition coefficient (Wildman–Crippen LogP) is 3.96. The average Bonchev–Trinajstić information content (AvgIpc) is 2.37. The highest BCUT2D eigenvalue weighted by atomic mass is 35.5. The van der Waals surface area contributed by atoms with E-state index >= 15 is 0 Å². The first-order chi connectivity index (χ1) is 8.94. The number of hydrogen-bond acceptors (Lipinski definition) is 2. The first kappa shape index (κ1) is 15.1. The molecule has 1 N–H and O–H groups in total. The molecule has 0 radical (unpaired) electrons. The molecule has 0 spiro atoms. The Labute approximate surface area is 126 Å². The Bertz CT molecular complexity index is 446. The molecule has 0 saturated carbocycles. The second-order valence-electron chi connectivity index (χ2n) is 5.89. The van der Waals surface area contributed by atoms with Crippen LogP contribution >= 0.6 is 23.2 Å². The number of benzene rings is 1. The van der Waals surface area contributed by atoms with E-state index in [1.54, 1.807) is 0 Å². The molecule has 2 rings (SSSR count). The molecule has 106 valence electrons. The van der Waals surface area contributed by atoms with Crippen LogP contribution < -0.4 is 5.32 Å². The van der Waals surface area contributed by atoms with Crippen LogP contribution in [0.25, 0.3) is 0 Å². The van der Waals surface area contributed by atoms with Gasteiger partial charge in [-0.3, -0.25) is 4.90 Å². The second kappa shape index (κ2) is 6.01. The first-order valence-electron chi connectivity index (χ1n) is 6.85. The molecule has 1 atom stereocenters. The SMILES string of the molecule is CCC1CN(Cc2cccc(Cl)c2Cl)C(C)(C)CN1. The van der Waals surface area contributed by atoms with Gasteiger partial charge in [-0.05, 0) is 31.9 Å². The van der Waals surface area contributed by atoms with Crippen LogP contribution in [0.3, 0.4) is 0 Å². The molecule has 1 aliphatic heterocycles. The van der Waals surface area contributed by atoms with Crippen molar-refractivity contribution >= 4 is 23.2 Å². The Morgan fingerprint density at radius 1 is 1.37 bits per heavy atom. The summed E-state index contributed by atoms with van der Waals surface area (Å²) >= 11 is 12.4. The largest absolute Gasteiger partial charge is 0.311 e. The molecule has 1 aromatic carbocycles. The van der Waals surface area contributed by atoms with E-state index in [1.165, 1.54) is 0 Å². The molecule has 0 amide bonds. The Morgan fingerprint density at radius 2 is 2.11 bits per heavy atom. The van der Waals surface area contributed by atoms with Gasteiger partial charge in [0.25, 0.3) is 0 Å². The fourth-order valence-electron chi connectivity index (χ4n) is 2.51. The zero-order valence-corrected chi connectivity index (χ0v) is 13.4. The van der Waals surface area contributed by atoms with Crippen molar-refractivity contribution in [2.75, 3.05) is 13.1 Å². The Kier molecular flexibility index (Phi) is 4.78. The lowest BCUT2D eigenvalue weighted by Crippen LogP contribution is -2.61. The number of halogens is 2. The number of nitrogens with zero attached hydrogens (tertiary/aromatic N) is 1. The third-order valence-electron chi connectivity index (χ3n) is 4.01. The molecule has 0 aromatic heterocycles. The lowest BCUT2D eigenvalue weighted by molar-refractivity contribution is 0.0577. The van der Waals surface area contributed by atoms with Gasteiger partial charge < -0.3 is 5.32 Å². The van der Waals surface area contributed by atoms with Gasteiger partial charge in [-0.15, -0.1) is 0 Å². The number of hydrogen-bond donors (Lipinski definition) is 1. The molecular formula is C15H22Cl2N2. The van der Waals surface area contributed by atoms with Gasteiger partial charge in [0.15, 0.2) is 0 Å². The topological polar surface area (TPSA) is 15.3 Å². The molecule has 19 heavy (non-hydrogen) atoms. The molecule has 2 nitrogen and oxygen atoms in total. The van der Waals surface area contributed by atoms with Crippen LogP contribution in [-0.2, 0) is 6.54 Å². The lowest BCUT2D eigenvalue weighted by atomic mass is 9.95. The molecule has 1 aromatic rings. The number of rotatable bonds is 3. The fraction of sp³-hybridized carbons (Fsp3) is 0.600. The van der Waals surface area contributed by atoms with Crippen LogP contribution in [0.5, 0.6) is 0 Å². The van der Waals surface area contributed by atoms with Gasteiger partial charge in [0, 0.05) is 31.2 Å². The summed E-state index contributed by atoms with van der Waals surface area (Å²) in [6, 6.07) is 6.43. The summed E-state index contributed by atoms with van der Waals surface area (Å²) in [5.41, 5.74) is 1.25. The van der Waals surface area contributed by atoms with Gasteiger partial charge in [-0.1, -0.05) is 42.3 Å². The maximum atomic E-state index is 6.30. The summed E-state index contributed by atoms with van der Waals surface area (Å²) in [6.07, 6.45) is 1.15. The van der Waals surface area contributed by atoms with Gasteiger partial charge in [-0.25, -0.2) is 0 Å². The van der Waals surface area contributed by atoms with E-state index in [2.05, 4.69) is 37.1 Å². The van der Waals surface area contributed by atoms with Gasteiger partial charge in [0.05, 0.1) is 10.0 Å². The Balaban J connectivity index is 2.17. The van der Waals surface area contributed by atoms with Gasteiger partial charge >= 0.3 is 0 Å². The van der Waals surface area contributed by atoms with E-state index in [0.29, 0.717) is 16.1 Å². The van der Waals surface area contributed by atoms with Crippen molar-refractivity contribution < 1.29 is 0 Å². The molecular weight excluding hydrogens is 279 g/mol. The maximum absolute atomic E-state index is 6.30. The van der Waals surface area contributed by atoms with Gasteiger partial charge in [0.1, 0.15) is 0 Å². The van der Waals surface area contributed by atoms with Crippen molar-refractivity contribution in [3.05, 3.63) is 33.8 Å². The molecule has 0 aliphatic carbocycles. The van der Waals surface area contributed by atoms with Crippen molar-refractivity contribution in [3.63, 3.8) is 0 Å². The van der Waals surface area contributed by atoms with E-state index in [4.69, 9.17) is 23.2 Å². The van der Waals surface area contributed by atoms with E-state index in [1.807, 2.05) is 12.1 Å². The van der Waals surface area contributed by atoms with Crippen molar-refractivity contribution in [1.29, 1.82) is 0 Å². The summed E-state index contributed by atoms with van der Waals surface area (Å²) in [7, 11) is 0. The van der Waals surface area contributed by atoms with E-state index in [-0.39, 0.29) is 5.54 Å². The second-order valence-corrected chi connectivity index (χ2v) is 6.68. The lowest BCUT2D eigenvalue weighted by Gasteiger charge is -2.46. The minimum atomic E-state index is 0.136. The van der Waals surface area contributed by atoms with Crippen molar-refractivity contribution in [2.24, 2.45) is 0 Å². The van der Waals surface area contributed by atoms with Crippen LogP contribution in [0.4, 0.5) is 0 Å². The van der Waals surface area contributed by atoms with Crippen LogP contribution in [-0.4, -0.2) is 29.6 Å². The summed E-state index contributed by atoms with van der Waals surface area (Å²) < 4.78 is 0. The van der Waals surface area contributed by atoms with Crippen LogP contribution in [0, 0.1) is 0 Å². The summed E-state index contributed by atoms with van der Waals surface area (Å²) in [5, 5.41) is 4.92. The monoisotopic (exact) mass is 300 g/mol. The van der Waals surface area contributed by atoms with Crippen LogP contribution in [0.1, 0.15) is 32.8 Å². The average molecular weight is 301 g/mol. The summed E-state index contributed by atoms with van der Waals surface area (Å²) in [4.78, 5) is 2.50. The standard InChI is InChI=1S/C15H22Cl2N2/c1-4-12-9-19(15(2,3)10-18-12)8-11-6-5-7-13(16)14(11)17/h5-7,12,18H,4,8-10H2,1-3H3. The Hall–Kier alpha value is -0.280. The van der Waals surface area contributed by atoms with E-state index in [0.717, 1.165) is 31.6 Å². The molecule has 1 saturated heterocycles. The summed E-state index contributed by atoms with van der Waals surface area (Å²) in [6.45, 7) is 9.66. The minimum Gasteiger partial charge on any atom is -0.311 e. The van der Waals surface area contributed by atoms with Crippen molar-refractivity contribution in [2.45, 2.75) is 45.3 Å². The molecule has 1 heterocycles. The third kappa shape index (κ3) is 3.43. The normalized spacial score (nSPS) is 23.5.